The molecule has 0 saturated heterocycles. The molecular weight excluding hydrogens is 438 g/mol. The molecule has 0 spiro atoms. The number of amides is 1. The summed E-state index contributed by atoms with van der Waals surface area (Å²) < 4.78 is 6.88. The van der Waals surface area contributed by atoms with E-state index in [9.17, 15) is 9.59 Å². The molecule has 1 heterocycles. The third-order valence-corrected chi connectivity index (χ3v) is 6.05. The SMILES string of the molecule is CCCCCN(C(=O)CCC)C(C)c1nc2cc(Cl)ccc2c(=O)n1-c1ccc(OC)cc1. The number of rotatable bonds is 10. The van der Waals surface area contributed by atoms with Gasteiger partial charge in [-0.05, 0) is 62.2 Å². The molecular formula is C26H32ClN3O3. The first kappa shape index (κ1) is 24.8. The number of fused-ring (bicyclic) bond motifs is 1. The molecule has 33 heavy (non-hydrogen) atoms. The van der Waals surface area contributed by atoms with E-state index >= 15 is 0 Å². The lowest BCUT2D eigenvalue weighted by Gasteiger charge is -2.31. The smallest absolute Gasteiger partial charge is 0.266 e. The maximum atomic E-state index is 13.6. The van der Waals surface area contributed by atoms with Crippen LogP contribution >= 0.6 is 11.6 Å². The van der Waals surface area contributed by atoms with Crippen molar-refractivity contribution in [2.75, 3.05) is 13.7 Å². The Morgan fingerprint density at radius 3 is 2.48 bits per heavy atom. The molecule has 1 atom stereocenters. The summed E-state index contributed by atoms with van der Waals surface area (Å²) in [7, 11) is 1.60. The zero-order valence-corrected chi connectivity index (χ0v) is 20.6. The van der Waals surface area contributed by atoms with Gasteiger partial charge in [-0.2, -0.15) is 0 Å². The van der Waals surface area contributed by atoms with E-state index in [-0.39, 0.29) is 17.5 Å². The Morgan fingerprint density at radius 1 is 1.12 bits per heavy atom. The quantitative estimate of drug-likeness (QED) is 0.345. The van der Waals surface area contributed by atoms with Crippen molar-refractivity contribution in [3.05, 3.63) is 63.7 Å². The van der Waals surface area contributed by atoms with E-state index in [1.165, 1.54) is 0 Å². The van der Waals surface area contributed by atoms with Gasteiger partial charge in [-0.15, -0.1) is 0 Å². The second kappa shape index (κ2) is 11.3. The number of ether oxygens (including phenoxy) is 1. The summed E-state index contributed by atoms with van der Waals surface area (Å²) in [5.74, 6) is 1.28. The molecule has 0 bridgehead atoms. The predicted octanol–water partition coefficient (Wildman–Crippen LogP) is 5.93. The summed E-state index contributed by atoms with van der Waals surface area (Å²) in [5, 5.41) is 0.987. The van der Waals surface area contributed by atoms with E-state index in [0.29, 0.717) is 46.2 Å². The van der Waals surface area contributed by atoms with E-state index in [1.54, 1.807) is 29.9 Å². The van der Waals surface area contributed by atoms with Crippen molar-refractivity contribution in [2.45, 2.75) is 58.9 Å². The van der Waals surface area contributed by atoms with Crippen LogP contribution in [0.4, 0.5) is 0 Å². The lowest BCUT2D eigenvalue weighted by Crippen LogP contribution is -2.38. The van der Waals surface area contributed by atoms with Crippen molar-refractivity contribution in [1.82, 2.24) is 14.5 Å². The van der Waals surface area contributed by atoms with Crippen molar-refractivity contribution in [3.8, 4) is 11.4 Å². The minimum absolute atomic E-state index is 0.0721. The highest BCUT2D eigenvalue weighted by Crippen LogP contribution is 2.26. The van der Waals surface area contributed by atoms with Crippen molar-refractivity contribution in [2.24, 2.45) is 0 Å². The molecule has 0 saturated carbocycles. The molecule has 0 radical (unpaired) electrons. The average Bonchev–Trinajstić information content (AvgIpc) is 2.81. The maximum absolute atomic E-state index is 13.6. The predicted molar refractivity (Wildman–Crippen MR) is 133 cm³/mol. The van der Waals surface area contributed by atoms with Crippen LogP contribution in [0.1, 0.15) is 64.7 Å². The maximum Gasteiger partial charge on any atom is 0.266 e. The summed E-state index contributed by atoms with van der Waals surface area (Å²) in [4.78, 5) is 33.4. The minimum Gasteiger partial charge on any atom is -0.497 e. The normalized spacial score (nSPS) is 12.0. The number of carbonyl (C=O) groups is 1. The molecule has 6 nitrogen and oxygen atoms in total. The van der Waals surface area contributed by atoms with Crippen LogP contribution in [0.2, 0.25) is 5.02 Å². The molecule has 3 rings (SSSR count). The third kappa shape index (κ3) is 5.56. The van der Waals surface area contributed by atoms with Crippen molar-refractivity contribution in [1.29, 1.82) is 0 Å². The van der Waals surface area contributed by atoms with Gasteiger partial charge in [-0.1, -0.05) is 38.3 Å². The number of aromatic nitrogens is 2. The summed E-state index contributed by atoms with van der Waals surface area (Å²) in [6, 6.07) is 12.0. The van der Waals surface area contributed by atoms with Gasteiger partial charge in [0.1, 0.15) is 11.6 Å². The fourth-order valence-electron chi connectivity index (χ4n) is 4.00. The van der Waals surface area contributed by atoms with Crippen LogP contribution < -0.4 is 10.3 Å². The second-order valence-corrected chi connectivity index (χ2v) is 8.63. The number of benzene rings is 2. The molecule has 0 aliphatic rings. The zero-order valence-electron chi connectivity index (χ0n) is 19.8. The lowest BCUT2D eigenvalue weighted by atomic mass is 10.1. The van der Waals surface area contributed by atoms with Gasteiger partial charge in [-0.25, -0.2) is 4.98 Å². The molecule has 0 aliphatic carbocycles. The fourth-order valence-corrected chi connectivity index (χ4v) is 4.17. The van der Waals surface area contributed by atoms with Gasteiger partial charge in [0.15, 0.2) is 0 Å². The Labute approximate surface area is 200 Å². The fraction of sp³-hybridized carbons (Fsp3) is 0.423. The van der Waals surface area contributed by atoms with Crippen LogP contribution in [-0.4, -0.2) is 34.0 Å². The summed E-state index contributed by atoms with van der Waals surface area (Å²) in [6.07, 6.45) is 4.23. The molecule has 1 amide bonds. The monoisotopic (exact) mass is 469 g/mol. The van der Waals surface area contributed by atoms with Crippen LogP contribution in [0, 0.1) is 0 Å². The van der Waals surface area contributed by atoms with Gasteiger partial charge in [0.25, 0.3) is 5.56 Å². The number of methoxy groups -OCH3 is 1. The third-order valence-electron chi connectivity index (χ3n) is 5.82. The van der Waals surface area contributed by atoms with E-state index in [2.05, 4.69) is 6.92 Å². The highest BCUT2D eigenvalue weighted by molar-refractivity contribution is 6.31. The van der Waals surface area contributed by atoms with E-state index in [0.717, 1.165) is 25.7 Å². The average molecular weight is 470 g/mol. The van der Waals surface area contributed by atoms with Crippen LogP contribution in [0.15, 0.2) is 47.3 Å². The minimum atomic E-state index is -0.390. The number of nitrogens with zero attached hydrogens (tertiary/aromatic N) is 3. The molecule has 7 heteroatoms. The molecule has 3 aromatic rings. The van der Waals surface area contributed by atoms with Gasteiger partial charge in [-0.3, -0.25) is 14.2 Å². The van der Waals surface area contributed by atoms with Crippen molar-refractivity contribution >= 4 is 28.4 Å². The van der Waals surface area contributed by atoms with Crippen LogP contribution in [0.3, 0.4) is 0 Å². The van der Waals surface area contributed by atoms with E-state index in [1.807, 2.05) is 43.0 Å². The number of carbonyl (C=O) groups excluding carboxylic acids is 1. The summed E-state index contributed by atoms with van der Waals surface area (Å²) in [6.45, 7) is 6.70. The number of hydrogen-bond acceptors (Lipinski definition) is 4. The van der Waals surface area contributed by atoms with Crippen LogP contribution in [-0.2, 0) is 4.79 Å². The van der Waals surface area contributed by atoms with Gasteiger partial charge < -0.3 is 9.64 Å². The van der Waals surface area contributed by atoms with Gasteiger partial charge >= 0.3 is 0 Å². The number of halogens is 1. The van der Waals surface area contributed by atoms with Crippen molar-refractivity contribution < 1.29 is 9.53 Å². The Hall–Kier alpha value is -2.86. The highest BCUT2D eigenvalue weighted by Gasteiger charge is 2.26. The molecule has 2 aromatic carbocycles. The summed E-state index contributed by atoms with van der Waals surface area (Å²) in [5.41, 5.74) is 0.999. The lowest BCUT2D eigenvalue weighted by molar-refractivity contribution is -0.133. The van der Waals surface area contributed by atoms with Gasteiger partial charge in [0, 0.05) is 18.0 Å². The Morgan fingerprint density at radius 2 is 1.85 bits per heavy atom. The van der Waals surface area contributed by atoms with Gasteiger partial charge in [0.2, 0.25) is 5.91 Å². The Kier molecular flexibility index (Phi) is 8.50. The first-order valence-corrected chi connectivity index (χ1v) is 11.9. The largest absolute Gasteiger partial charge is 0.497 e. The first-order chi connectivity index (χ1) is 15.9. The highest BCUT2D eigenvalue weighted by atomic mass is 35.5. The second-order valence-electron chi connectivity index (χ2n) is 8.19. The first-order valence-electron chi connectivity index (χ1n) is 11.6. The summed E-state index contributed by atoms with van der Waals surface area (Å²) >= 11 is 6.20. The van der Waals surface area contributed by atoms with Crippen LogP contribution in [0.25, 0.3) is 16.6 Å². The molecule has 0 fully saturated rings. The Bertz CT molecular complexity index is 1160. The molecule has 1 unspecified atom stereocenters. The van der Waals surface area contributed by atoms with E-state index in [4.69, 9.17) is 21.3 Å². The van der Waals surface area contributed by atoms with Crippen molar-refractivity contribution in [3.63, 3.8) is 0 Å². The molecule has 176 valence electrons. The van der Waals surface area contributed by atoms with Crippen LogP contribution in [0.5, 0.6) is 5.75 Å². The molecule has 0 N–H and O–H groups in total. The van der Waals surface area contributed by atoms with Gasteiger partial charge in [0.05, 0.1) is 29.7 Å². The van der Waals surface area contributed by atoms with E-state index < -0.39 is 0 Å². The topological polar surface area (TPSA) is 64.4 Å². The number of unbranched alkanes of at least 4 members (excludes halogenated alkanes) is 2. The Balaban J connectivity index is 2.20. The standard InChI is InChI=1S/C26H32ClN3O3/c1-5-7-8-16-29(24(31)9-6-2)18(3)25-28-23-17-19(27)10-15-22(23)26(32)30(25)20-11-13-21(33-4)14-12-20/h10-15,17-18H,5-9,16H2,1-4H3. The molecule has 0 aliphatic heterocycles. The number of hydrogen-bond donors (Lipinski definition) is 0. The zero-order chi connectivity index (χ0) is 24.0. The molecule has 1 aromatic heterocycles.